The molecule has 3 rings (SSSR count). The predicted octanol–water partition coefficient (Wildman–Crippen LogP) is 2.94. The number of nitrogens with two attached hydrogens (primary N) is 1. The zero-order chi connectivity index (χ0) is 12.7. The van der Waals surface area contributed by atoms with Crippen LogP contribution in [0.25, 0.3) is 16.8 Å². The molecule has 90 valence electrons. The van der Waals surface area contributed by atoms with Gasteiger partial charge in [-0.1, -0.05) is 23.7 Å². The van der Waals surface area contributed by atoms with Gasteiger partial charge in [0, 0.05) is 16.8 Å². The molecular weight excluding hydrogens is 248 g/mol. The summed E-state index contributed by atoms with van der Waals surface area (Å²) in [6.45, 7) is 1.98. The van der Waals surface area contributed by atoms with Crippen molar-refractivity contribution in [3.63, 3.8) is 0 Å². The number of aromatic nitrogens is 3. The Morgan fingerprint density at radius 1 is 1.22 bits per heavy atom. The molecule has 2 N–H and O–H groups in total. The normalized spacial score (nSPS) is 11.0. The van der Waals surface area contributed by atoms with E-state index in [0.717, 1.165) is 22.3 Å². The Bertz CT molecular complexity index is 733. The lowest BCUT2D eigenvalue weighted by molar-refractivity contribution is 0.964. The van der Waals surface area contributed by atoms with E-state index in [0.29, 0.717) is 5.02 Å². The molecule has 0 aliphatic heterocycles. The van der Waals surface area contributed by atoms with Crippen LogP contribution in [0.1, 0.15) is 5.56 Å². The van der Waals surface area contributed by atoms with Gasteiger partial charge >= 0.3 is 0 Å². The first kappa shape index (κ1) is 11.0. The lowest BCUT2D eigenvalue weighted by Crippen LogP contribution is -1.92. The lowest BCUT2D eigenvalue weighted by Gasteiger charge is -2.05. The fourth-order valence-electron chi connectivity index (χ4n) is 1.99. The Morgan fingerprint density at radius 2 is 2.06 bits per heavy atom. The number of halogens is 1. The van der Waals surface area contributed by atoms with Crippen molar-refractivity contribution in [3.8, 4) is 11.1 Å². The fourth-order valence-corrected chi connectivity index (χ4v) is 2.18. The van der Waals surface area contributed by atoms with E-state index in [9.17, 15) is 0 Å². The molecule has 0 fully saturated rings. The Kier molecular flexibility index (Phi) is 2.45. The van der Waals surface area contributed by atoms with Gasteiger partial charge in [-0.2, -0.15) is 4.98 Å². The molecular formula is C13H11ClN4. The molecule has 0 aliphatic rings. The minimum absolute atomic E-state index is 0.279. The molecule has 0 radical (unpaired) electrons. The zero-order valence-corrected chi connectivity index (χ0v) is 10.5. The first-order chi connectivity index (χ1) is 8.63. The van der Waals surface area contributed by atoms with Gasteiger partial charge in [0.1, 0.15) is 0 Å². The molecule has 0 amide bonds. The van der Waals surface area contributed by atoms with Crippen LogP contribution in [0, 0.1) is 6.92 Å². The molecule has 4 nitrogen and oxygen atoms in total. The number of hydrogen-bond acceptors (Lipinski definition) is 3. The fraction of sp³-hybridized carbons (Fsp3) is 0.0769. The summed E-state index contributed by atoms with van der Waals surface area (Å²) in [5.41, 5.74) is 9.49. The summed E-state index contributed by atoms with van der Waals surface area (Å²) < 4.78 is 1.70. The third-order valence-electron chi connectivity index (χ3n) is 2.79. The third-order valence-corrected chi connectivity index (χ3v) is 3.03. The number of aryl methyl sites for hydroxylation is 1. The largest absolute Gasteiger partial charge is 0.366 e. The predicted molar refractivity (Wildman–Crippen MR) is 72.6 cm³/mol. The minimum atomic E-state index is 0.279. The van der Waals surface area contributed by atoms with Crippen molar-refractivity contribution in [1.29, 1.82) is 0 Å². The molecule has 5 heteroatoms. The number of rotatable bonds is 1. The van der Waals surface area contributed by atoms with E-state index in [1.54, 1.807) is 4.52 Å². The molecule has 2 aromatic heterocycles. The Morgan fingerprint density at radius 3 is 2.83 bits per heavy atom. The Labute approximate surface area is 109 Å². The van der Waals surface area contributed by atoms with Crippen molar-refractivity contribution in [2.75, 3.05) is 5.73 Å². The Balaban J connectivity index is 2.24. The van der Waals surface area contributed by atoms with Crippen LogP contribution in [-0.2, 0) is 0 Å². The van der Waals surface area contributed by atoms with Gasteiger partial charge in [-0.25, -0.2) is 4.52 Å². The second-order valence-electron chi connectivity index (χ2n) is 4.16. The second kappa shape index (κ2) is 3.99. The topological polar surface area (TPSA) is 56.2 Å². The maximum Gasteiger partial charge on any atom is 0.240 e. The second-order valence-corrected chi connectivity index (χ2v) is 4.60. The third kappa shape index (κ3) is 1.80. The standard InChI is InChI=1S/C13H11ClN4/c1-8-5-10(9-3-2-4-11(14)6-9)7-18-12(8)16-13(15)17-18/h2-7H,1H3,(H2,15,17). The maximum atomic E-state index is 6.00. The van der Waals surface area contributed by atoms with Crippen LogP contribution in [-0.4, -0.2) is 14.6 Å². The number of fused-ring (bicyclic) bond motifs is 1. The van der Waals surface area contributed by atoms with E-state index in [2.05, 4.69) is 16.1 Å². The molecule has 2 heterocycles. The monoisotopic (exact) mass is 258 g/mol. The first-order valence-electron chi connectivity index (χ1n) is 5.52. The van der Waals surface area contributed by atoms with Crippen LogP contribution in [0.4, 0.5) is 5.95 Å². The number of nitrogens with zero attached hydrogens (tertiary/aromatic N) is 3. The summed E-state index contributed by atoms with van der Waals surface area (Å²) in [6, 6.07) is 9.75. The van der Waals surface area contributed by atoms with Gasteiger partial charge in [0.2, 0.25) is 5.95 Å². The van der Waals surface area contributed by atoms with Gasteiger partial charge in [-0.05, 0) is 36.2 Å². The molecule has 3 aromatic rings. The molecule has 0 spiro atoms. The summed E-state index contributed by atoms with van der Waals surface area (Å²) in [5, 5.41) is 4.84. The van der Waals surface area contributed by atoms with E-state index >= 15 is 0 Å². The molecule has 0 aliphatic carbocycles. The first-order valence-corrected chi connectivity index (χ1v) is 5.90. The SMILES string of the molecule is Cc1cc(-c2cccc(Cl)c2)cn2nc(N)nc12. The highest BCUT2D eigenvalue weighted by Gasteiger charge is 2.07. The quantitative estimate of drug-likeness (QED) is 0.730. The summed E-state index contributed by atoms with van der Waals surface area (Å²) in [7, 11) is 0. The van der Waals surface area contributed by atoms with E-state index < -0.39 is 0 Å². The van der Waals surface area contributed by atoms with E-state index in [1.807, 2.05) is 37.4 Å². The number of nitrogen functional groups attached to an aromatic ring is 1. The summed E-state index contributed by atoms with van der Waals surface area (Å²) >= 11 is 6.00. The van der Waals surface area contributed by atoms with Crippen molar-refractivity contribution in [2.45, 2.75) is 6.92 Å². The molecule has 18 heavy (non-hydrogen) atoms. The summed E-state index contributed by atoms with van der Waals surface area (Å²) in [4.78, 5) is 4.17. The highest BCUT2D eigenvalue weighted by molar-refractivity contribution is 6.30. The average molecular weight is 259 g/mol. The van der Waals surface area contributed by atoms with Crippen LogP contribution in [0.15, 0.2) is 36.5 Å². The number of pyridine rings is 1. The zero-order valence-electron chi connectivity index (χ0n) is 9.76. The van der Waals surface area contributed by atoms with Crippen molar-refractivity contribution in [3.05, 3.63) is 47.1 Å². The van der Waals surface area contributed by atoms with Gasteiger partial charge in [-0.3, -0.25) is 0 Å². The van der Waals surface area contributed by atoms with Crippen molar-refractivity contribution in [2.24, 2.45) is 0 Å². The highest BCUT2D eigenvalue weighted by Crippen LogP contribution is 2.24. The van der Waals surface area contributed by atoms with Gasteiger partial charge in [-0.15, -0.1) is 5.10 Å². The van der Waals surface area contributed by atoms with Crippen LogP contribution < -0.4 is 5.73 Å². The van der Waals surface area contributed by atoms with Crippen LogP contribution in [0.2, 0.25) is 5.02 Å². The Hall–Kier alpha value is -2.07. The van der Waals surface area contributed by atoms with Crippen molar-refractivity contribution < 1.29 is 0 Å². The smallest absolute Gasteiger partial charge is 0.240 e. The van der Waals surface area contributed by atoms with Crippen molar-refractivity contribution in [1.82, 2.24) is 14.6 Å². The average Bonchev–Trinajstić information content (AvgIpc) is 2.70. The van der Waals surface area contributed by atoms with Gasteiger partial charge in [0.25, 0.3) is 0 Å². The maximum absolute atomic E-state index is 6.00. The number of benzene rings is 1. The van der Waals surface area contributed by atoms with Crippen molar-refractivity contribution >= 4 is 23.2 Å². The highest BCUT2D eigenvalue weighted by atomic mass is 35.5. The lowest BCUT2D eigenvalue weighted by atomic mass is 10.1. The molecule has 0 bridgehead atoms. The van der Waals surface area contributed by atoms with E-state index in [4.69, 9.17) is 17.3 Å². The summed E-state index contributed by atoms with van der Waals surface area (Å²) in [5.74, 6) is 0.279. The summed E-state index contributed by atoms with van der Waals surface area (Å²) in [6.07, 6.45) is 1.90. The van der Waals surface area contributed by atoms with Gasteiger partial charge in [0.15, 0.2) is 5.65 Å². The van der Waals surface area contributed by atoms with E-state index in [-0.39, 0.29) is 5.95 Å². The molecule has 1 aromatic carbocycles. The van der Waals surface area contributed by atoms with Crippen LogP contribution in [0.3, 0.4) is 0 Å². The van der Waals surface area contributed by atoms with Gasteiger partial charge < -0.3 is 5.73 Å². The number of hydrogen-bond donors (Lipinski definition) is 1. The molecule has 0 saturated carbocycles. The van der Waals surface area contributed by atoms with E-state index in [1.165, 1.54) is 0 Å². The number of anilines is 1. The van der Waals surface area contributed by atoms with Crippen LogP contribution in [0.5, 0.6) is 0 Å². The minimum Gasteiger partial charge on any atom is -0.366 e. The molecule has 0 saturated heterocycles. The van der Waals surface area contributed by atoms with Crippen LogP contribution >= 0.6 is 11.6 Å². The molecule has 0 atom stereocenters. The molecule has 0 unspecified atom stereocenters. The van der Waals surface area contributed by atoms with Gasteiger partial charge in [0.05, 0.1) is 0 Å².